The van der Waals surface area contributed by atoms with E-state index in [1.807, 2.05) is 0 Å². The largest absolute Gasteiger partial charge is 0.329 e. The van der Waals surface area contributed by atoms with Crippen molar-refractivity contribution < 1.29 is 0 Å². The minimum Gasteiger partial charge on any atom is -0.329 e. The SMILES string of the molecule is CCCCN(C)C1(CN)CCCC1CC. The summed E-state index contributed by atoms with van der Waals surface area (Å²) in [4.78, 5) is 2.55. The molecule has 0 aromatic rings. The van der Waals surface area contributed by atoms with Gasteiger partial charge in [0.15, 0.2) is 0 Å². The summed E-state index contributed by atoms with van der Waals surface area (Å²) in [7, 11) is 2.27. The molecule has 2 atom stereocenters. The predicted molar refractivity (Wildman–Crippen MR) is 67.0 cm³/mol. The van der Waals surface area contributed by atoms with Gasteiger partial charge >= 0.3 is 0 Å². The van der Waals surface area contributed by atoms with Gasteiger partial charge in [0.25, 0.3) is 0 Å². The Balaban J connectivity index is 2.65. The maximum absolute atomic E-state index is 6.07. The summed E-state index contributed by atoms with van der Waals surface area (Å²) in [6, 6.07) is 0. The quantitative estimate of drug-likeness (QED) is 0.733. The van der Waals surface area contributed by atoms with Crippen LogP contribution >= 0.6 is 0 Å². The smallest absolute Gasteiger partial charge is 0.0356 e. The van der Waals surface area contributed by atoms with Crippen LogP contribution in [0.1, 0.15) is 52.4 Å². The van der Waals surface area contributed by atoms with Gasteiger partial charge in [0.05, 0.1) is 0 Å². The molecule has 1 saturated carbocycles. The van der Waals surface area contributed by atoms with Crippen LogP contribution < -0.4 is 5.73 Å². The molecule has 2 heteroatoms. The van der Waals surface area contributed by atoms with Gasteiger partial charge in [-0.15, -0.1) is 0 Å². The fourth-order valence-corrected chi connectivity index (χ4v) is 3.26. The molecular weight excluding hydrogens is 184 g/mol. The van der Waals surface area contributed by atoms with Gasteiger partial charge in [0.2, 0.25) is 0 Å². The summed E-state index contributed by atoms with van der Waals surface area (Å²) >= 11 is 0. The van der Waals surface area contributed by atoms with Crippen molar-refractivity contribution >= 4 is 0 Å². The third-order valence-electron chi connectivity index (χ3n) is 4.38. The Morgan fingerprint density at radius 2 is 2.13 bits per heavy atom. The molecular formula is C13H28N2. The number of nitrogens with zero attached hydrogens (tertiary/aromatic N) is 1. The van der Waals surface area contributed by atoms with E-state index in [0.29, 0.717) is 5.54 Å². The van der Waals surface area contributed by atoms with Gasteiger partial charge in [-0.2, -0.15) is 0 Å². The third-order valence-corrected chi connectivity index (χ3v) is 4.38. The van der Waals surface area contributed by atoms with Crippen LogP contribution in [0.3, 0.4) is 0 Å². The van der Waals surface area contributed by atoms with Crippen molar-refractivity contribution in [1.82, 2.24) is 4.90 Å². The minimum atomic E-state index is 0.323. The molecule has 0 aliphatic heterocycles. The van der Waals surface area contributed by atoms with Crippen LogP contribution in [-0.2, 0) is 0 Å². The van der Waals surface area contributed by atoms with Gasteiger partial charge in [-0.1, -0.05) is 33.1 Å². The maximum atomic E-state index is 6.07. The molecule has 0 radical (unpaired) electrons. The van der Waals surface area contributed by atoms with E-state index in [1.165, 1.54) is 45.1 Å². The molecule has 15 heavy (non-hydrogen) atoms. The van der Waals surface area contributed by atoms with E-state index >= 15 is 0 Å². The number of hydrogen-bond acceptors (Lipinski definition) is 2. The molecule has 1 fully saturated rings. The fourth-order valence-electron chi connectivity index (χ4n) is 3.26. The van der Waals surface area contributed by atoms with Gasteiger partial charge < -0.3 is 5.73 Å². The van der Waals surface area contributed by atoms with Crippen molar-refractivity contribution in [1.29, 1.82) is 0 Å². The lowest BCUT2D eigenvalue weighted by Crippen LogP contribution is -2.54. The average Bonchev–Trinajstić information content (AvgIpc) is 2.69. The highest BCUT2D eigenvalue weighted by molar-refractivity contribution is 5.00. The second-order valence-electron chi connectivity index (χ2n) is 5.08. The third kappa shape index (κ3) is 2.54. The van der Waals surface area contributed by atoms with Crippen LogP contribution in [-0.4, -0.2) is 30.6 Å². The first-order valence-electron chi connectivity index (χ1n) is 6.62. The number of rotatable bonds is 6. The molecule has 1 rings (SSSR count). The Labute approximate surface area is 95.2 Å². The van der Waals surface area contributed by atoms with Crippen molar-refractivity contribution in [3.63, 3.8) is 0 Å². The number of hydrogen-bond donors (Lipinski definition) is 1. The van der Waals surface area contributed by atoms with E-state index in [0.717, 1.165) is 12.5 Å². The molecule has 0 heterocycles. The molecule has 0 saturated heterocycles. The summed E-state index contributed by atoms with van der Waals surface area (Å²) in [5, 5.41) is 0. The first kappa shape index (κ1) is 13.0. The Morgan fingerprint density at radius 1 is 1.40 bits per heavy atom. The molecule has 1 aliphatic rings. The zero-order valence-electron chi connectivity index (χ0n) is 10.8. The summed E-state index contributed by atoms with van der Waals surface area (Å²) in [6.07, 6.45) is 7.92. The maximum Gasteiger partial charge on any atom is 0.0356 e. The van der Waals surface area contributed by atoms with Crippen molar-refractivity contribution in [3.8, 4) is 0 Å². The lowest BCUT2D eigenvalue weighted by atomic mass is 9.83. The van der Waals surface area contributed by atoms with E-state index in [2.05, 4.69) is 25.8 Å². The molecule has 1 aliphatic carbocycles. The highest BCUT2D eigenvalue weighted by Crippen LogP contribution is 2.41. The highest BCUT2D eigenvalue weighted by atomic mass is 15.2. The molecule has 0 aromatic heterocycles. The van der Waals surface area contributed by atoms with Gasteiger partial charge in [-0.3, -0.25) is 4.90 Å². The van der Waals surface area contributed by atoms with Crippen LogP contribution in [0.5, 0.6) is 0 Å². The Kier molecular flexibility index (Phi) is 5.07. The van der Waals surface area contributed by atoms with Crippen LogP contribution in [0, 0.1) is 5.92 Å². The van der Waals surface area contributed by atoms with Crippen LogP contribution in [0.15, 0.2) is 0 Å². The molecule has 0 bridgehead atoms. The Hall–Kier alpha value is -0.0800. The van der Waals surface area contributed by atoms with Gasteiger partial charge in [0, 0.05) is 12.1 Å². The highest BCUT2D eigenvalue weighted by Gasteiger charge is 2.43. The number of likely N-dealkylation sites (N-methyl/N-ethyl adjacent to an activating group) is 1. The zero-order chi connectivity index (χ0) is 11.3. The molecule has 0 amide bonds. The molecule has 0 spiro atoms. The van der Waals surface area contributed by atoms with Crippen LogP contribution in [0.2, 0.25) is 0 Å². The first-order chi connectivity index (χ1) is 7.21. The molecule has 0 aromatic carbocycles. The first-order valence-corrected chi connectivity index (χ1v) is 6.62. The van der Waals surface area contributed by atoms with Crippen molar-refractivity contribution in [3.05, 3.63) is 0 Å². The summed E-state index contributed by atoms with van der Waals surface area (Å²) in [6.45, 7) is 6.62. The standard InChI is InChI=1S/C13H28N2/c1-4-6-10-15(3)13(11-14)9-7-8-12(13)5-2/h12H,4-11,14H2,1-3H3. The average molecular weight is 212 g/mol. The van der Waals surface area contributed by atoms with Gasteiger partial charge in [0.1, 0.15) is 0 Å². The molecule has 2 nitrogen and oxygen atoms in total. The lowest BCUT2D eigenvalue weighted by molar-refractivity contribution is 0.0804. The van der Waals surface area contributed by atoms with Gasteiger partial charge in [-0.25, -0.2) is 0 Å². The predicted octanol–water partition coefficient (Wildman–Crippen LogP) is 2.63. The summed E-state index contributed by atoms with van der Waals surface area (Å²) < 4.78 is 0. The number of unbranched alkanes of at least 4 members (excludes halogenated alkanes) is 1. The monoisotopic (exact) mass is 212 g/mol. The second-order valence-corrected chi connectivity index (χ2v) is 5.08. The fraction of sp³-hybridized carbons (Fsp3) is 1.00. The van der Waals surface area contributed by atoms with Gasteiger partial charge in [-0.05, 0) is 38.8 Å². The summed E-state index contributed by atoms with van der Waals surface area (Å²) in [5.41, 5.74) is 6.39. The molecule has 90 valence electrons. The van der Waals surface area contributed by atoms with Crippen molar-refractivity contribution in [2.75, 3.05) is 20.1 Å². The molecule has 2 N–H and O–H groups in total. The van der Waals surface area contributed by atoms with Crippen molar-refractivity contribution in [2.24, 2.45) is 11.7 Å². The normalized spacial score (nSPS) is 31.4. The number of nitrogens with two attached hydrogens (primary N) is 1. The van der Waals surface area contributed by atoms with Crippen LogP contribution in [0.4, 0.5) is 0 Å². The van der Waals surface area contributed by atoms with E-state index in [9.17, 15) is 0 Å². The van der Waals surface area contributed by atoms with E-state index in [-0.39, 0.29) is 0 Å². The second kappa shape index (κ2) is 5.86. The van der Waals surface area contributed by atoms with E-state index in [4.69, 9.17) is 5.73 Å². The molecule has 2 unspecified atom stereocenters. The lowest BCUT2D eigenvalue weighted by Gasteiger charge is -2.43. The Morgan fingerprint density at radius 3 is 2.67 bits per heavy atom. The Bertz CT molecular complexity index is 181. The topological polar surface area (TPSA) is 29.3 Å². The minimum absolute atomic E-state index is 0.323. The zero-order valence-corrected chi connectivity index (χ0v) is 10.8. The van der Waals surface area contributed by atoms with Crippen LogP contribution in [0.25, 0.3) is 0 Å². The summed E-state index contributed by atoms with van der Waals surface area (Å²) in [5.74, 6) is 0.823. The van der Waals surface area contributed by atoms with Crippen molar-refractivity contribution in [2.45, 2.75) is 57.9 Å². The van der Waals surface area contributed by atoms with E-state index < -0.39 is 0 Å². The van der Waals surface area contributed by atoms with E-state index in [1.54, 1.807) is 0 Å².